The average Bonchev–Trinajstić information content (AvgIpc) is 3.26. The molecule has 2 aliphatic carbocycles. The number of aliphatic carboxylic acids is 2. The van der Waals surface area contributed by atoms with Crippen LogP contribution in [0.5, 0.6) is 0 Å². The lowest BCUT2D eigenvalue weighted by molar-refractivity contribution is -0.165. The number of hydrogen-bond acceptors (Lipinski definition) is 6. The third-order valence-electron chi connectivity index (χ3n) is 6.01. The number of amides is 1. The van der Waals surface area contributed by atoms with Gasteiger partial charge in [0.15, 0.2) is 5.60 Å². The molecular weight excluding hydrogens is 414 g/mol. The standard InChI is InChI=1S/C20H21NO8S/c1-2-9-20(18(21)26,29-30(27,28)13-6-4-3-5-7-13)19-10-8-12(11-19)14(16(22)23)15(19)17(24)25/h2-8,10,12,14-15H,1,9,11H2,(H2,21,26)(H,22,23)(H,24,25). The van der Waals surface area contributed by atoms with E-state index in [2.05, 4.69) is 6.58 Å². The van der Waals surface area contributed by atoms with Gasteiger partial charge >= 0.3 is 11.9 Å². The van der Waals surface area contributed by atoms with Crippen LogP contribution in [0.4, 0.5) is 0 Å². The van der Waals surface area contributed by atoms with Crippen LogP contribution in [0.25, 0.3) is 0 Å². The predicted molar refractivity (Wildman–Crippen MR) is 103 cm³/mol. The monoisotopic (exact) mass is 435 g/mol. The Morgan fingerprint density at radius 1 is 1.23 bits per heavy atom. The largest absolute Gasteiger partial charge is 0.481 e. The lowest BCUT2D eigenvalue weighted by Crippen LogP contribution is -2.62. The summed E-state index contributed by atoms with van der Waals surface area (Å²) in [4.78, 5) is 36.4. The van der Waals surface area contributed by atoms with Crippen LogP contribution in [0, 0.1) is 23.2 Å². The van der Waals surface area contributed by atoms with Crippen molar-refractivity contribution in [2.45, 2.75) is 23.3 Å². The van der Waals surface area contributed by atoms with Crippen LogP contribution >= 0.6 is 0 Å². The van der Waals surface area contributed by atoms with Crippen molar-refractivity contribution in [3.63, 3.8) is 0 Å². The van der Waals surface area contributed by atoms with E-state index in [1.807, 2.05) is 0 Å². The zero-order chi connectivity index (χ0) is 22.3. The van der Waals surface area contributed by atoms with Gasteiger partial charge in [0, 0.05) is 11.8 Å². The lowest BCUT2D eigenvalue weighted by atomic mass is 9.62. The van der Waals surface area contributed by atoms with Crippen LogP contribution in [0.15, 0.2) is 60.0 Å². The zero-order valence-electron chi connectivity index (χ0n) is 15.8. The third kappa shape index (κ3) is 3.03. The molecule has 30 heavy (non-hydrogen) atoms. The molecule has 1 aromatic rings. The van der Waals surface area contributed by atoms with Crippen molar-refractivity contribution < 1.29 is 37.2 Å². The predicted octanol–water partition coefficient (Wildman–Crippen LogP) is 1.17. The van der Waals surface area contributed by atoms with Crippen LogP contribution in [-0.4, -0.2) is 42.1 Å². The van der Waals surface area contributed by atoms with Gasteiger partial charge in [0.25, 0.3) is 16.0 Å². The molecule has 10 heteroatoms. The summed E-state index contributed by atoms with van der Waals surface area (Å²) < 4.78 is 31.4. The molecule has 1 amide bonds. The highest BCUT2D eigenvalue weighted by atomic mass is 32.2. The Labute approximate surface area is 173 Å². The van der Waals surface area contributed by atoms with Gasteiger partial charge < -0.3 is 15.9 Å². The van der Waals surface area contributed by atoms with Crippen molar-refractivity contribution in [2.75, 3.05) is 0 Å². The molecule has 1 saturated carbocycles. The Morgan fingerprint density at radius 2 is 1.87 bits per heavy atom. The van der Waals surface area contributed by atoms with E-state index in [9.17, 15) is 33.0 Å². The van der Waals surface area contributed by atoms with E-state index in [0.717, 1.165) is 0 Å². The van der Waals surface area contributed by atoms with Crippen LogP contribution in [-0.2, 0) is 28.7 Å². The molecule has 1 aromatic carbocycles. The van der Waals surface area contributed by atoms with E-state index in [0.29, 0.717) is 0 Å². The lowest BCUT2D eigenvalue weighted by Gasteiger charge is -2.45. The first-order chi connectivity index (χ1) is 14.0. The summed E-state index contributed by atoms with van der Waals surface area (Å²) in [5, 5.41) is 19.5. The topological polar surface area (TPSA) is 161 Å². The highest BCUT2D eigenvalue weighted by molar-refractivity contribution is 7.86. The molecule has 0 spiro atoms. The Morgan fingerprint density at radius 3 is 2.37 bits per heavy atom. The number of fused-ring (bicyclic) bond motifs is 2. The van der Waals surface area contributed by atoms with Crippen LogP contribution < -0.4 is 5.73 Å². The summed E-state index contributed by atoms with van der Waals surface area (Å²) in [5.74, 6) is -7.76. The van der Waals surface area contributed by atoms with Gasteiger partial charge in [-0.3, -0.25) is 14.4 Å². The highest BCUT2D eigenvalue weighted by Gasteiger charge is 2.72. The number of benzene rings is 1. The van der Waals surface area contributed by atoms with E-state index in [1.54, 1.807) is 6.07 Å². The minimum Gasteiger partial charge on any atom is -0.481 e. The molecule has 0 saturated heterocycles. The van der Waals surface area contributed by atoms with Crippen LogP contribution in [0.1, 0.15) is 12.8 Å². The molecule has 2 bridgehead atoms. The quantitative estimate of drug-likeness (QED) is 0.385. The number of carboxylic acid groups (broad SMARTS) is 2. The second kappa shape index (κ2) is 7.37. The van der Waals surface area contributed by atoms with Gasteiger partial charge in [0.2, 0.25) is 0 Å². The number of nitrogens with two attached hydrogens (primary N) is 1. The minimum absolute atomic E-state index is 0.109. The summed E-state index contributed by atoms with van der Waals surface area (Å²) in [6.07, 6.45) is 3.51. The summed E-state index contributed by atoms with van der Waals surface area (Å²) in [6.45, 7) is 3.53. The first-order valence-corrected chi connectivity index (χ1v) is 10.5. The SMILES string of the molecule is C=CCC(OS(=O)(=O)c1ccccc1)(C(N)=O)C12C=CC(C1)C(C(=O)O)C2C(=O)O. The molecule has 9 nitrogen and oxygen atoms in total. The smallest absolute Gasteiger partial charge is 0.308 e. The molecule has 2 aliphatic rings. The van der Waals surface area contributed by atoms with E-state index in [4.69, 9.17) is 9.92 Å². The van der Waals surface area contributed by atoms with E-state index < -0.39 is 63.2 Å². The number of carbonyl (C=O) groups excluding carboxylic acids is 1. The number of hydrogen-bond donors (Lipinski definition) is 3. The number of carbonyl (C=O) groups is 3. The molecule has 160 valence electrons. The third-order valence-corrected chi connectivity index (χ3v) is 7.36. The molecule has 5 unspecified atom stereocenters. The van der Waals surface area contributed by atoms with E-state index in [1.165, 1.54) is 42.5 Å². The fourth-order valence-electron chi connectivity index (χ4n) is 4.82. The van der Waals surface area contributed by atoms with E-state index in [-0.39, 0.29) is 11.3 Å². The van der Waals surface area contributed by atoms with E-state index >= 15 is 0 Å². The van der Waals surface area contributed by atoms with Crippen molar-refractivity contribution in [3.05, 3.63) is 55.1 Å². The fraction of sp³-hybridized carbons (Fsp3) is 0.350. The molecule has 3 rings (SSSR count). The van der Waals surface area contributed by atoms with Crippen molar-refractivity contribution in [3.8, 4) is 0 Å². The second-order valence-corrected chi connectivity index (χ2v) is 9.03. The summed E-state index contributed by atoms with van der Waals surface area (Å²) in [5.41, 5.74) is 1.48. The van der Waals surface area contributed by atoms with Gasteiger partial charge in [0.05, 0.1) is 16.7 Å². The molecule has 1 fully saturated rings. The Kier molecular flexibility index (Phi) is 5.33. The van der Waals surface area contributed by atoms with Gasteiger partial charge in [-0.25, -0.2) is 4.18 Å². The van der Waals surface area contributed by atoms with Crippen molar-refractivity contribution >= 4 is 28.0 Å². The Balaban J connectivity index is 2.23. The van der Waals surface area contributed by atoms with Crippen LogP contribution in [0.2, 0.25) is 0 Å². The molecule has 0 heterocycles. The van der Waals surface area contributed by atoms with Crippen LogP contribution in [0.3, 0.4) is 0 Å². The molecule has 0 radical (unpaired) electrons. The number of allylic oxidation sites excluding steroid dienone is 1. The summed E-state index contributed by atoms with van der Waals surface area (Å²) in [6, 6.07) is 7.00. The maximum Gasteiger partial charge on any atom is 0.308 e. The fourth-order valence-corrected chi connectivity index (χ4v) is 6.08. The second-order valence-electron chi connectivity index (χ2n) is 7.48. The van der Waals surface area contributed by atoms with Crippen molar-refractivity contribution in [1.29, 1.82) is 0 Å². The maximum absolute atomic E-state index is 13.0. The maximum atomic E-state index is 13.0. The molecule has 0 aliphatic heterocycles. The van der Waals surface area contributed by atoms with Gasteiger partial charge in [-0.15, -0.1) is 6.58 Å². The molecular formula is C20H21NO8S. The first kappa shape index (κ1) is 21.7. The average molecular weight is 435 g/mol. The van der Waals surface area contributed by atoms with Gasteiger partial charge in [-0.05, 0) is 24.5 Å². The number of primary amides is 1. The first-order valence-electron chi connectivity index (χ1n) is 9.09. The van der Waals surface area contributed by atoms with Gasteiger partial charge in [-0.1, -0.05) is 36.4 Å². The number of carboxylic acids is 2. The summed E-state index contributed by atoms with van der Waals surface area (Å²) in [7, 11) is -4.56. The van der Waals surface area contributed by atoms with Gasteiger partial charge in [0.1, 0.15) is 0 Å². The number of rotatable bonds is 9. The normalized spacial score (nSPS) is 29.3. The molecule has 5 atom stereocenters. The van der Waals surface area contributed by atoms with Crippen molar-refractivity contribution in [1.82, 2.24) is 0 Å². The van der Waals surface area contributed by atoms with Crippen molar-refractivity contribution in [2.24, 2.45) is 28.9 Å². The Bertz CT molecular complexity index is 1030. The minimum atomic E-state index is -4.56. The molecule has 4 N–H and O–H groups in total. The highest BCUT2D eigenvalue weighted by Crippen LogP contribution is 2.63. The molecule has 0 aromatic heterocycles. The van der Waals surface area contributed by atoms with Gasteiger partial charge in [-0.2, -0.15) is 8.42 Å². The Hall–Kier alpha value is -2.98. The zero-order valence-corrected chi connectivity index (χ0v) is 16.6. The summed E-state index contributed by atoms with van der Waals surface area (Å²) >= 11 is 0.